The highest BCUT2D eigenvalue weighted by Gasteiger charge is 2.29. The molecular formula is C15H13ClF3NO. The van der Waals surface area contributed by atoms with Gasteiger partial charge in [0.2, 0.25) is 0 Å². The van der Waals surface area contributed by atoms with Crippen molar-refractivity contribution in [2.75, 3.05) is 6.61 Å². The van der Waals surface area contributed by atoms with Gasteiger partial charge in [-0.15, -0.1) is 0 Å². The van der Waals surface area contributed by atoms with Crippen molar-refractivity contribution >= 4 is 22.5 Å². The van der Waals surface area contributed by atoms with E-state index in [2.05, 4.69) is 4.98 Å². The lowest BCUT2D eigenvalue weighted by Gasteiger charge is -2.19. The van der Waals surface area contributed by atoms with Crippen molar-refractivity contribution in [1.29, 1.82) is 0 Å². The lowest BCUT2D eigenvalue weighted by atomic mass is 9.94. The summed E-state index contributed by atoms with van der Waals surface area (Å²) in [6, 6.07) is 4.89. The van der Waals surface area contributed by atoms with E-state index in [9.17, 15) is 13.2 Å². The number of halogens is 4. The first kappa shape index (κ1) is 14.4. The van der Waals surface area contributed by atoms with Crippen LogP contribution in [0.2, 0.25) is 5.02 Å². The molecule has 2 nitrogen and oxygen atoms in total. The quantitative estimate of drug-likeness (QED) is 0.801. The Morgan fingerprint density at radius 1 is 1.19 bits per heavy atom. The monoisotopic (exact) mass is 315 g/mol. The lowest BCUT2D eigenvalue weighted by molar-refractivity contribution is -0.153. The molecule has 0 bridgehead atoms. The van der Waals surface area contributed by atoms with Crippen molar-refractivity contribution in [2.45, 2.75) is 31.9 Å². The van der Waals surface area contributed by atoms with E-state index in [-0.39, 0.29) is 5.75 Å². The molecule has 3 rings (SSSR count). The van der Waals surface area contributed by atoms with Gasteiger partial charge in [0, 0.05) is 11.1 Å². The third kappa shape index (κ3) is 2.93. The summed E-state index contributed by atoms with van der Waals surface area (Å²) in [5.74, 6) is 0.125. The Labute approximate surface area is 124 Å². The van der Waals surface area contributed by atoms with Gasteiger partial charge >= 0.3 is 6.18 Å². The van der Waals surface area contributed by atoms with Gasteiger partial charge in [-0.2, -0.15) is 13.2 Å². The van der Waals surface area contributed by atoms with Crippen LogP contribution in [0.1, 0.15) is 24.1 Å². The van der Waals surface area contributed by atoms with Crippen LogP contribution in [0.4, 0.5) is 13.2 Å². The topological polar surface area (TPSA) is 22.1 Å². The maximum Gasteiger partial charge on any atom is 0.422 e. The average Bonchev–Trinajstić information content (AvgIpc) is 2.45. The van der Waals surface area contributed by atoms with Gasteiger partial charge in [0.25, 0.3) is 0 Å². The van der Waals surface area contributed by atoms with Crippen LogP contribution in [0, 0.1) is 0 Å². The fourth-order valence-electron chi connectivity index (χ4n) is 2.64. The molecule has 1 aliphatic rings. The van der Waals surface area contributed by atoms with Crippen LogP contribution in [-0.4, -0.2) is 17.8 Å². The molecular weight excluding hydrogens is 303 g/mol. The molecule has 0 unspecified atom stereocenters. The van der Waals surface area contributed by atoms with E-state index in [1.165, 1.54) is 6.07 Å². The molecule has 21 heavy (non-hydrogen) atoms. The fourth-order valence-corrected chi connectivity index (χ4v) is 2.99. The van der Waals surface area contributed by atoms with E-state index in [0.717, 1.165) is 36.9 Å². The lowest BCUT2D eigenvalue weighted by Crippen LogP contribution is -2.19. The second-order valence-corrected chi connectivity index (χ2v) is 5.49. The normalized spacial score (nSPS) is 15.0. The van der Waals surface area contributed by atoms with Crippen LogP contribution in [0.3, 0.4) is 0 Å². The summed E-state index contributed by atoms with van der Waals surface area (Å²) in [7, 11) is 0. The first-order valence-electron chi connectivity index (χ1n) is 6.75. The Balaban J connectivity index is 2.08. The molecule has 6 heteroatoms. The minimum Gasteiger partial charge on any atom is -0.482 e. The number of hydrogen-bond acceptors (Lipinski definition) is 2. The number of benzene rings is 1. The number of pyridine rings is 1. The summed E-state index contributed by atoms with van der Waals surface area (Å²) in [6.45, 7) is -1.33. The summed E-state index contributed by atoms with van der Waals surface area (Å²) < 4.78 is 41.9. The van der Waals surface area contributed by atoms with Crippen LogP contribution < -0.4 is 4.74 Å². The highest BCUT2D eigenvalue weighted by molar-refractivity contribution is 6.36. The Morgan fingerprint density at radius 2 is 1.95 bits per heavy atom. The van der Waals surface area contributed by atoms with Crippen LogP contribution in [0.25, 0.3) is 10.9 Å². The Morgan fingerprint density at radius 3 is 2.71 bits per heavy atom. The second-order valence-electron chi connectivity index (χ2n) is 5.11. The largest absolute Gasteiger partial charge is 0.482 e. The third-order valence-corrected chi connectivity index (χ3v) is 4.01. The maximum absolute atomic E-state index is 12.3. The van der Waals surface area contributed by atoms with E-state index >= 15 is 0 Å². The van der Waals surface area contributed by atoms with Crippen molar-refractivity contribution in [3.8, 4) is 5.75 Å². The summed E-state index contributed by atoms with van der Waals surface area (Å²) in [5.41, 5.74) is 2.30. The summed E-state index contributed by atoms with van der Waals surface area (Å²) in [5, 5.41) is 1.24. The van der Waals surface area contributed by atoms with Crippen molar-refractivity contribution in [2.24, 2.45) is 0 Å². The Bertz CT molecular complexity index is 685. The molecule has 1 aromatic carbocycles. The van der Waals surface area contributed by atoms with Crippen LogP contribution in [0.5, 0.6) is 5.75 Å². The number of hydrogen-bond donors (Lipinski definition) is 0. The smallest absolute Gasteiger partial charge is 0.422 e. The minimum atomic E-state index is -4.37. The van der Waals surface area contributed by atoms with Crippen LogP contribution in [-0.2, 0) is 12.8 Å². The number of alkyl halides is 3. The molecule has 2 aromatic rings. The number of para-hydroxylation sites is 1. The van der Waals surface area contributed by atoms with Crippen molar-refractivity contribution in [1.82, 2.24) is 4.98 Å². The summed E-state index contributed by atoms with van der Waals surface area (Å²) in [4.78, 5) is 4.50. The number of nitrogens with zero attached hydrogens (tertiary/aromatic N) is 1. The molecule has 0 radical (unpaired) electrons. The number of ether oxygens (including phenoxy) is 1. The summed E-state index contributed by atoms with van der Waals surface area (Å²) in [6.07, 6.45) is -0.624. The molecule has 0 atom stereocenters. The summed E-state index contributed by atoms with van der Waals surface area (Å²) >= 11 is 6.40. The van der Waals surface area contributed by atoms with E-state index in [4.69, 9.17) is 16.3 Å². The number of fused-ring (bicyclic) bond motifs is 2. The van der Waals surface area contributed by atoms with Crippen molar-refractivity contribution in [3.63, 3.8) is 0 Å². The zero-order chi connectivity index (χ0) is 15.0. The van der Waals surface area contributed by atoms with Gasteiger partial charge in [0.1, 0.15) is 11.3 Å². The van der Waals surface area contributed by atoms with E-state index in [1.807, 2.05) is 0 Å². The van der Waals surface area contributed by atoms with Gasteiger partial charge in [-0.3, -0.25) is 0 Å². The number of aryl methyl sites for hydroxylation is 1. The molecule has 0 aliphatic heterocycles. The predicted octanol–water partition coefficient (Wildman–Crippen LogP) is 4.71. The molecule has 0 spiro atoms. The van der Waals surface area contributed by atoms with Gasteiger partial charge in [-0.25, -0.2) is 4.98 Å². The molecule has 0 saturated heterocycles. The highest BCUT2D eigenvalue weighted by Crippen LogP contribution is 2.36. The van der Waals surface area contributed by atoms with Crippen LogP contribution >= 0.6 is 11.6 Å². The fraction of sp³-hybridized carbons (Fsp3) is 0.400. The van der Waals surface area contributed by atoms with Gasteiger partial charge in [0.15, 0.2) is 6.61 Å². The van der Waals surface area contributed by atoms with E-state index in [1.54, 1.807) is 12.1 Å². The SMILES string of the molecule is FC(F)(F)COc1cccc2c(Cl)c3c(nc12)CCCC3. The van der Waals surface area contributed by atoms with Crippen LogP contribution in [0.15, 0.2) is 18.2 Å². The van der Waals surface area contributed by atoms with Crippen molar-refractivity contribution < 1.29 is 17.9 Å². The Hall–Kier alpha value is -1.49. The highest BCUT2D eigenvalue weighted by atomic mass is 35.5. The van der Waals surface area contributed by atoms with Gasteiger partial charge in [-0.05, 0) is 37.3 Å². The predicted molar refractivity (Wildman–Crippen MR) is 74.9 cm³/mol. The van der Waals surface area contributed by atoms with E-state index in [0.29, 0.717) is 15.9 Å². The molecule has 0 saturated carbocycles. The first-order chi connectivity index (χ1) is 9.96. The molecule has 0 amide bonds. The number of aromatic nitrogens is 1. The molecule has 0 N–H and O–H groups in total. The van der Waals surface area contributed by atoms with Gasteiger partial charge < -0.3 is 4.74 Å². The molecule has 1 aliphatic carbocycles. The molecule has 1 heterocycles. The zero-order valence-electron chi connectivity index (χ0n) is 11.1. The molecule has 0 fully saturated rings. The van der Waals surface area contributed by atoms with Crippen molar-refractivity contribution in [3.05, 3.63) is 34.5 Å². The third-order valence-electron chi connectivity index (χ3n) is 3.58. The molecule has 1 aromatic heterocycles. The minimum absolute atomic E-state index is 0.125. The zero-order valence-corrected chi connectivity index (χ0v) is 11.9. The van der Waals surface area contributed by atoms with Gasteiger partial charge in [0.05, 0.1) is 5.02 Å². The average molecular weight is 316 g/mol. The standard InChI is InChI=1S/C15H13ClF3NO/c16-13-9-4-1-2-6-11(9)20-14-10(13)5-3-7-12(14)21-8-15(17,18)19/h3,5,7H,1-2,4,6,8H2. The number of rotatable bonds is 2. The van der Waals surface area contributed by atoms with E-state index < -0.39 is 12.8 Å². The molecule has 112 valence electrons. The first-order valence-corrected chi connectivity index (χ1v) is 7.13. The Kier molecular flexibility index (Phi) is 3.69. The van der Waals surface area contributed by atoms with Gasteiger partial charge in [-0.1, -0.05) is 23.7 Å². The maximum atomic E-state index is 12.3. The second kappa shape index (κ2) is 5.37.